The van der Waals surface area contributed by atoms with E-state index >= 15 is 0 Å². The maximum Gasteiger partial charge on any atom is 0.331 e. The molecule has 0 unspecified atom stereocenters. The fourth-order valence-corrected chi connectivity index (χ4v) is 1.99. The molecule has 0 saturated heterocycles. The van der Waals surface area contributed by atoms with Gasteiger partial charge in [-0.3, -0.25) is 0 Å². The zero-order valence-electron chi connectivity index (χ0n) is 12.8. The third-order valence-electron chi connectivity index (χ3n) is 2.99. The van der Waals surface area contributed by atoms with E-state index in [-0.39, 0.29) is 6.61 Å². The minimum atomic E-state index is -0.480. The Labute approximate surface area is 139 Å². The average Bonchev–Trinajstić information content (AvgIpc) is 2.58. The molecule has 0 aliphatic heterocycles. The Kier molecular flexibility index (Phi) is 6.00. The van der Waals surface area contributed by atoms with E-state index in [0.29, 0.717) is 22.2 Å². The lowest BCUT2D eigenvalue weighted by Crippen LogP contribution is -2.01. The molecule has 0 N–H and O–H groups in total. The molecule has 0 aliphatic rings. The SMILES string of the molecule is COc1cc(/C=C/C(=O)OCc2cccnc2Cl)cc(OC)c1. The summed E-state index contributed by atoms with van der Waals surface area (Å²) in [6, 6.07) is 8.79. The Bertz CT molecular complexity index is 693. The van der Waals surface area contributed by atoms with E-state index in [1.165, 1.54) is 6.08 Å². The number of ether oxygens (including phenoxy) is 3. The van der Waals surface area contributed by atoms with Gasteiger partial charge in [-0.2, -0.15) is 0 Å². The molecule has 0 saturated carbocycles. The molecule has 120 valence electrons. The number of pyridine rings is 1. The molecule has 0 fully saturated rings. The Morgan fingerprint density at radius 1 is 1.22 bits per heavy atom. The summed E-state index contributed by atoms with van der Waals surface area (Å²) in [5.41, 5.74) is 1.41. The van der Waals surface area contributed by atoms with Gasteiger partial charge in [0.2, 0.25) is 0 Å². The van der Waals surface area contributed by atoms with Gasteiger partial charge in [0.1, 0.15) is 23.3 Å². The summed E-state index contributed by atoms with van der Waals surface area (Å²) in [6.07, 6.45) is 4.53. The molecular formula is C17H16ClNO4. The largest absolute Gasteiger partial charge is 0.497 e. The zero-order chi connectivity index (χ0) is 16.7. The van der Waals surface area contributed by atoms with Gasteiger partial charge >= 0.3 is 5.97 Å². The van der Waals surface area contributed by atoms with Crippen LogP contribution in [0.1, 0.15) is 11.1 Å². The molecule has 23 heavy (non-hydrogen) atoms. The van der Waals surface area contributed by atoms with Crippen LogP contribution in [-0.4, -0.2) is 25.2 Å². The first-order valence-corrected chi connectivity index (χ1v) is 7.17. The fraction of sp³-hybridized carbons (Fsp3) is 0.176. The number of methoxy groups -OCH3 is 2. The van der Waals surface area contributed by atoms with Crippen LogP contribution in [0.15, 0.2) is 42.6 Å². The normalized spacial score (nSPS) is 10.6. The van der Waals surface area contributed by atoms with Gasteiger partial charge in [0.15, 0.2) is 0 Å². The summed E-state index contributed by atoms with van der Waals surface area (Å²) in [5, 5.41) is 0.321. The van der Waals surface area contributed by atoms with Crippen LogP contribution in [0.25, 0.3) is 6.08 Å². The monoisotopic (exact) mass is 333 g/mol. The van der Waals surface area contributed by atoms with Gasteiger partial charge in [0, 0.05) is 23.9 Å². The number of halogens is 1. The highest BCUT2D eigenvalue weighted by Crippen LogP contribution is 2.23. The Morgan fingerprint density at radius 2 is 1.91 bits per heavy atom. The molecule has 0 amide bonds. The minimum Gasteiger partial charge on any atom is -0.497 e. The topological polar surface area (TPSA) is 57.7 Å². The van der Waals surface area contributed by atoms with Crippen molar-refractivity contribution in [2.24, 2.45) is 0 Å². The number of hydrogen-bond donors (Lipinski definition) is 0. The standard InChI is InChI=1S/C17H16ClNO4/c1-21-14-8-12(9-15(10-14)22-2)5-6-16(20)23-11-13-4-3-7-19-17(13)18/h3-10H,11H2,1-2H3/b6-5+. The van der Waals surface area contributed by atoms with Crippen molar-refractivity contribution in [1.82, 2.24) is 4.98 Å². The lowest BCUT2D eigenvalue weighted by molar-refractivity contribution is -0.138. The van der Waals surface area contributed by atoms with Crippen molar-refractivity contribution in [2.45, 2.75) is 6.61 Å². The first-order valence-electron chi connectivity index (χ1n) is 6.79. The summed E-state index contributed by atoms with van der Waals surface area (Å²) >= 11 is 5.90. The van der Waals surface area contributed by atoms with Crippen molar-refractivity contribution in [3.63, 3.8) is 0 Å². The van der Waals surface area contributed by atoms with E-state index in [0.717, 1.165) is 5.56 Å². The van der Waals surface area contributed by atoms with Crippen LogP contribution in [0, 0.1) is 0 Å². The summed E-state index contributed by atoms with van der Waals surface area (Å²) in [7, 11) is 3.13. The van der Waals surface area contributed by atoms with Crippen LogP contribution < -0.4 is 9.47 Å². The molecule has 0 aliphatic carbocycles. The first-order chi connectivity index (χ1) is 11.1. The van der Waals surface area contributed by atoms with E-state index in [9.17, 15) is 4.79 Å². The smallest absolute Gasteiger partial charge is 0.331 e. The maximum atomic E-state index is 11.8. The Balaban J connectivity index is 1.99. The van der Waals surface area contributed by atoms with Gasteiger partial charge in [0.25, 0.3) is 0 Å². The summed E-state index contributed by atoms with van der Waals surface area (Å²) in [6.45, 7) is 0.0667. The van der Waals surface area contributed by atoms with E-state index in [2.05, 4.69) is 4.98 Å². The zero-order valence-corrected chi connectivity index (χ0v) is 13.5. The predicted octanol–water partition coefficient (Wildman–Crippen LogP) is 3.51. The molecule has 0 bridgehead atoms. The van der Waals surface area contributed by atoms with Crippen LogP contribution in [0.2, 0.25) is 5.15 Å². The quantitative estimate of drug-likeness (QED) is 0.460. The van der Waals surface area contributed by atoms with Crippen LogP contribution >= 0.6 is 11.6 Å². The van der Waals surface area contributed by atoms with E-state index < -0.39 is 5.97 Å². The third-order valence-corrected chi connectivity index (χ3v) is 3.33. The summed E-state index contributed by atoms with van der Waals surface area (Å²) in [4.78, 5) is 15.7. The van der Waals surface area contributed by atoms with Gasteiger partial charge in [-0.25, -0.2) is 9.78 Å². The number of rotatable bonds is 6. The van der Waals surface area contributed by atoms with Crippen molar-refractivity contribution < 1.29 is 19.0 Å². The molecule has 6 heteroatoms. The highest BCUT2D eigenvalue weighted by Gasteiger charge is 2.04. The van der Waals surface area contributed by atoms with E-state index in [1.54, 1.807) is 56.8 Å². The molecule has 0 radical (unpaired) electrons. The van der Waals surface area contributed by atoms with Gasteiger partial charge in [0.05, 0.1) is 14.2 Å². The number of benzene rings is 1. The van der Waals surface area contributed by atoms with Gasteiger partial charge in [-0.1, -0.05) is 17.7 Å². The Morgan fingerprint density at radius 3 is 2.52 bits per heavy atom. The van der Waals surface area contributed by atoms with Crippen LogP contribution in [0.5, 0.6) is 11.5 Å². The lowest BCUT2D eigenvalue weighted by Gasteiger charge is -2.06. The second kappa shape index (κ2) is 8.19. The molecule has 2 aromatic rings. The molecule has 1 aromatic carbocycles. The summed E-state index contributed by atoms with van der Waals surface area (Å²) < 4.78 is 15.5. The Hall–Kier alpha value is -2.53. The molecule has 2 rings (SSSR count). The number of carbonyl (C=O) groups is 1. The van der Waals surface area contributed by atoms with Crippen molar-refractivity contribution in [2.75, 3.05) is 14.2 Å². The molecular weight excluding hydrogens is 318 g/mol. The number of aromatic nitrogens is 1. The molecule has 0 spiro atoms. The van der Waals surface area contributed by atoms with Gasteiger partial charge in [-0.15, -0.1) is 0 Å². The van der Waals surface area contributed by atoms with Gasteiger partial charge < -0.3 is 14.2 Å². The second-order valence-corrected chi connectivity index (χ2v) is 4.90. The molecule has 0 atom stereocenters. The predicted molar refractivity (Wildman–Crippen MR) is 87.6 cm³/mol. The van der Waals surface area contributed by atoms with Crippen molar-refractivity contribution >= 4 is 23.6 Å². The number of esters is 1. The summed E-state index contributed by atoms with van der Waals surface area (Å²) in [5.74, 6) is 0.797. The highest BCUT2D eigenvalue weighted by atomic mass is 35.5. The molecule has 5 nitrogen and oxygen atoms in total. The van der Waals surface area contributed by atoms with Crippen molar-refractivity contribution in [3.05, 3.63) is 58.9 Å². The lowest BCUT2D eigenvalue weighted by atomic mass is 10.2. The van der Waals surface area contributed by atoms with Crippen molar-refractivity contribution in [3.8, 4) is 11.5 Å². The first kappa shape index (κ1) is 16.8. The fourth-order valence-electron chi connectivity index (χ4n) is 1.81. The number of nitrogens with zero attached hydrogens (tertiary/aromatic N) is 1. The maximum absolute atomic E-state index is 11.8. The van der Waals surface area contributed by atoms with E-state index in [1.807, 2.05) is 0 Å². The number of carbonyl (C=O) groups excluding carboxylic acids is 1. The molecule has 1 aromatic heterocycles. The highest BCUT2D eigenvalue weighted by molar-refractivity contribution is 6.30. The van der Waals surface area contributed by atoms with Crippen LogP contribution in [-0.2, 0) is 16.1 Å². The van der Waals surface area contributed by atoms with Crippen molar-refractivity contribution in [1.29, 1.82) is 0 Å². The van der Waals surface area contributed by atoms with Gasteiger partial charge in [-0.05, 0) is 29.8 Å². The third kappa shape index (κ3) is 5.00. The van der Waals surface area contributed by atoms with E-state index in [4.69, 9.17) is 25.8 Å². The van der Waals surface area contributed by atoms with Crippen LogP contribution in [0.4, 0.5) is 0 Å². The number of hydrogen-bond acceptors (Lipinski definition) is 5. The average molecular weight is 334 g/mol. The van der Waals surface area contributed by atoms with Crippen LogP contribution in [0.3, 0.4) is 0 Å². The second-order valence-electron chi connectivity index (χ2n) is 4.54. The molecule has 1 heterocycles. The minimum absolute atomic E-state index is 0.0667.